The van der Waals surface area contributed by atoms with Gasteiger partial charge in [0.05, 0.1) is 23.8 Å². The Morgan fingerprint density at radius 1 is 1.22 bits per heavy atom. The maximum Gasteiger partial charge on any atom is 0.408 e. The maximum atomic E-state index is 12.4. The lowest BCUT2D eigenvalue weighted by molar-refractivity contribution is -0.383. The quantitative estimate of drug-likeness (QED) is 0.209. The number of alkyl carbamates (subject to hydrolysis) is 1. The average molecular weight is 449 g/mol. The predicted octanol–water partition coefficient (Wildman–Crippen LogP) is 2.48. The van der Waals surface area contributed by atoms with Crippen molar-refractivity contribution in [3.63, 3.8) is 0 Å². The first-order chi connectivity index (χ1) is 15.0. The zero-order chi connectivity index (χ0) is 23.9. The number of aromatic nitrogens is 1. The van der Waals surface area contributed by atoms with Gasteiger partial charge in [0, 0.05) is 12.3 Å². The molecular weight excluding hydrogens is 426 g/mol. The fraction of sp³-hybridized carbons (Fsp3) is 0.400. The SMILES string of the molecule is COC(=O)C[C@H](NC(=O)OC(C)(C)C)C(=O)OCOc1ccc([N+](=O)[O-])c2cccnc12. The number of benzene rings is 1. The van der Waals surface area contributed by atoms with Gasteiger partial charge in [0.1, 0.15) is 22.9 Å². The standard InChI is InChI=1S/C20H23N3O9/c1-20(2,3)32-19(26)22-13(10-16(24)29-4)18(25)31-11-30-15-8-7-14(23(27)28)12-6-5-9-21-17(12)15/h5-9,13H,10-11H2,1-4H3,(H,22,26)/t13-/m0/s1. The van der Waals surface area contributed by atoms with Crippen LogP contribution in [0.4, 0.5) is 10.5 Å². The number of nitrogens with zero attached hydrogens (tertiary/aromatic N) is 2. The third-order valence-electron chi connectivity index (χ3n) is 3.90. The van der Waals surface area contributed by atoms with Crippen molar-refractivity contribution >= 4 is 34.6 Å². The summed E-state index contributed by atoms with van der Waals surface area (Å²) in [6.45, 7) is 4.31. The highest BCUT2D eigenvalue weighted by atomic mass is 16.7. The van der Waals surface area contributed by atoms with Crippen LogP contribution < -0.4 is 10.1 Å². The second-order valence-corrected chi connectivity index (χ2v) is 7.44. The van der Waals surface area contributed by atoms with Crippen LogP contribution in [0.3, 0.4) is 0 Å². The molecule has 2 rings (SSSR count). The minimum atomic E-state index is -1.38. The fourth-order valence-corrected chi connectivity index (χ4v) is 2.55. The van der Waals surface area contributed by atoms with Crippen LogP contribution >= 0.6 is 0 Å². The molecule has 0 aliphatic heterocycles. The van der Waals surface area contributed by atoms with Crippen LogP contribution in [-0.2, 0) is 23.8 Å². The van der Waals surface area contributed by atoms with E-state index in [1.807, 2.05) is 0 Å². The van der Waals surface area contributed by atoms with E-state index in [2.05, 4.69) is 15.0 Å². The third-order valence-corrected chi connectivity index (χ3v) is 3.90. The minimum absolute atomic E-state index is 0.142. The average Bonchev–Trinajstić information content (AvgIpc) is 2.71. The van der Waals surface area contributed by atoms with Crippen molar-refractivity contribution in [2.24, 2.45) is 0 Å². The fourth-order valence-electron chi connectivity index (χ4n) is 2.55. The molecule has 0 saturated carbocycles. The van der Waals surface area contributed by atoms with E-state index in [4.69, 9.17) is 14.2 Å². The number of carbonyl (C=O) groups is 3. The number of rotatable bonds is 8. The van der Waals surface area contributed by atoms with Crippen molar-refractivity contribution in [1.82, 2.24) is 10.3 Å². The molecule has 12 nitrogen and oxygen atoms in total. The van der Waals surface area contributed by atoms with E-state index in [0.29, 0.717) is 0 Å². The largest absolute Gasteiger partial charge is 0.469 e. The number of hydrogen-bond donors (Lipinski definition) is 1. The van der Waals surface area contributed by atoms with E-state index < -0.39 is 47.8 Å². The summed E-state index contributed by atoms with van der Waals surface area (Å²) < 4.78 is 20.0. The van der Waals surface area contributed by atoms with Gasteiger partial charge in [0.15, 0.2) is 0 Å². The number of esters is 2. The summed E-state index contributed by atoms with van der Waals surface area (Å²) in [4.78, 5) is 50.7. The van der Waals surface area contributed by atoms with Crippen molar-refractivity contribution in [3.8, 4) is 5.75 Å². The van der Waals surface area contributed by atoms with Gasteiger partial charge in [-0.15, -0.1) is 0 Å². The van der Waals surface area contributed by atoms with E-state index >= 15 is 0 Å². The number of nitrogens with one attached hydrogen (secondary N) is 1. The smallest absolute Gasteiger partial charge is 0.408 e. The van der Waals surface area contributed by atoms with Gasteiger partial charge in [-0.1, -0.05) is 0 Å². The third kappa shape index (κ3) is 6.79. The molecule has 1 aromatic heterocycles. The molecule has 2 aromatic rings. The molecular formula is C20H23N3O9. The lowest BCUT2D eigenvalue weighted by Crippen LogP contribution is -2.45. The number of nitro groups is 1. The van der Waals surface area contributed by atoms with E-state index in [1.54, 1.807) is 26.8 Å². The normalized spacial score (nSPS) is 11.9. The van der Waals surface area contributed by atoms with Crippen molar-refractivity contribution < 1.29 is 38.3 Å². The Balaban J connectivity index is 2.08. The molecule has 0 aliphatic rings. The Hall–Kier alpha value is -3.96. The minimum Gasteiger partial charge on any atom is -0.469 e. The molecule has 0 bridgehead atoms. The number of methoxy groups -OCH3 is 1. The topological polar surface area (TPSA) is 156 Å². The number of fused-ring (bicyclic) bond motifs is 1. The summed E-state index contributed by atoms with van der Waals surface area (Å²) in [6, 6.07) is 4.24. The number of amides is 1. The molecule has 0 fully saturated rings. The van der Waals surface area contributed by atoms with Crippen molar-refractivity contribution in [1.29, 1.82) is 0 Å². The molecule has 1 N–H and O–H groups in total. The monoisotopic (exact) mass is 449 g/mol. The molecule has 1 aromatic carbocycles. The first-order valence-corrected chi connectivity index (χ1v) is 9.39. The number of ether oxygens (including phenoxy) is 4. The predicted molar refractivity (Wildman–Crippen MR) is 110 cm³/mol. The zero-order valence-corrected chi connectivity index (χ0v) is 17.9. The van der Waals surface area contributed by atoms with Gasteiger partial charge in [-0.25, -0.2) is 9.59 Å². The Labute approximate surface area is 182 Å². The highest BCUT2D eigenvalue weighted by Gasteiger charge is 2.28. The van der Waals surface area contributed by atoms with E-state index in [-0.39, 0.29) is 22.3 Å². The van der Waals surface area contributed by atoms with E-state index in [9.17, 15) is 24.5 Å². The molecule has 1 amide bonds. The maximum absolute atomic E-state index is 12.4. The lowest BCUT2D eigenvalue weighted by atomic mass is 10.1. The summed E-state index contributed by atoms with van der Waals surface area (Å²) in [5, 5.41) is 13.7. The number of non-ortho nitro benzene ring substituents is 1. The molecule has 0 spiro atoms. The van der Waals surface area contributed by atoms with Gasteiger partial charge in [0.25, 0.3) is 5.69 Å². The Bertz CT molecular complexity index is 1020. The van der Waals surface area contributed by atoms with Crippen LogP contribution in [0.5, 0.6) is 5.75 Å². The molecule has 172 valence electrons. The summed E-state index contributed by atoms with van der Waals surface area (Å²) in [6.07, 6.45) is 0.0217. The van der Waals surface area contributed by atoms with Crippen LogP contribution in [0.15, 0.2) is 30.5 Å². The lowest BCUT2D eigenvalue weighted by Gasteiger charge is -2.22. The highest BCUT2D eigenvalue weighted by Crippen LogP contribution is 2.31. The first kappa shape index (κ1) is 24.3. The van der Waals surface area contributed by atoms with Crippen LogP contribution in [0.1, 0.15) is 27.2 Å². The molecule has 12 heteroatoms. The van der Waals surface area contributed by atoms with E-state index in [1.165, 1.54) is 24.4 Å². The molecule has 0 aliphatic carbocycles. The number of hydrogen-bond acceptors (Lipinski definition) is 10. The summed E-state index contributed by atoms with van der Waals surface area (Å²) in [5.74, 6) is -1.58. The Morgan fingerprint density at radius 2 is 1.94 bits per heavy atom. The van der Waals surface area contributed by atoms with E-state index in [0.717, 1.165) is 7.11 Å². The van der Waals surface area contributed by atoms with Crippen molar-refractivity contribution in [2.45, 2.75) is 38.8 Å². The molecule has 0 unspecified atom stereocenters. The molecule has 1 heterocycles. The van der Waals surface area contributed by atoms with Crippen molar-refractivity contribution in [3.05, 3.63) is 40.6 Å². The van der Waals surface area contributed by atoms with Crippen LogP contribution in [0.25, 0.3) is 10.9 Å². The molecule has 1 atom stereocenters. The van der Waals surface area contributed by atoms with Gasteiger partial charge < -0.3 is 24.3 Å². The number of carbonyl (C=O) groups excluding carboxylic acids is 3. The second-order valence-electron chi connectivity index (χ2n) is 7.44. The van der Waals surface area contributed by atoms with Gasteiger partial charge in [0.2, 0.25) is 6.79 Å². The van der Waals surface area contributed by atoms with Gasteiger partial charge in [-0.3, -0.25) is 19.9 Å². The second kappa shape index (κ2) is 10.4. The zero-order valence-electron chi connectivity index (χ0n) is 17.9. The summed E-state index contributed by atoms with van der Waals surface area (Å²) in [5.41, 5.74) is -0.774. The molecule has 0 radical (unpaired) electrons. The van der Waals surface area contributed by atoms with Crippen LogP contribution in [-0.4, -0.2) is 53.5 Å². The Morgan fingerprint density at radius 3 is 2.56 bits per heavy atom. The Kier molecular flexibility index (Phi) is 7.88. The summed E-state index contributed by atoms with van der Waals surface area (Å²) in [7, 11) is 1.13. The first-order valence-electron chi connectivity index (χ1n) is 9.39. The van der Waals surface area contributed by atoms with Gasteiger partial charge >= 0.3 is 18.0 Å². The van der Waals surface area contributed by atoms with Gasteiger partial charge in [-0.05, 0) is 39.0 Å². The van der Waals surface area contributed by atoms with Gasteiger partial charge in [-0.2, -0.15) is 0 Å². The summed E-state index contributed by atoms with van der Waals surface area (Å²) >= 11 is 0. The van der Waals surface area contributed by atoms with Crippen LogP contribution in [0.2, 0.25) is 0 Å². The van der Waals surface area contributed by atoms with Crippen molar-refractivity contribution in [2.75, 3.05) is 13.9 Å². The molecule has 0 saturated heterocycles. The number of nitro benzene ring substituents is 1. The van der Waals surface area contributed by atoms with Crippen LogP contribution in [0, 0.1) is 10.1 Å². The number of pyridine rings is 1. The molecule has 32 heavy (non-hydrogen) atoms. The highest BCUT2D eigenvalue weighted by molar-refractivity contribution is 5.92.